The Labute approximate surface area is 112 Å². The van der Waals surface area contributed by atoms with Crippen molar-refractivity contribution < 1.29 is 9.53 Å². The van der Waals surface area contributed by atoms with E-state index in [0.717, 1.165) is 19.3 Å². The van der Waals surface area contributed by atoms with E-state index >= 15 is 0 Å². The zero-order chi connectivity index (χ0) is 13.7. The van der Waals surface area contributed by atoms with Gasteiger partial charge >= 0.3 is 6.03 Å². The number of hydrogen-bond acceptors (Lipinski definition) is 3. The molecule has 1 aliphatic heterocycles. The van der Waals surface area contributed by atoms with Crippen molar-refractivity contribution in [1.82, 2.24) is 4.90 Å². The molecule has 5 nitrogen and oxygen atoms in total. The van der Waals surface area contributed by atoms with E-state index in [4.69, 9.17) is 10.00 Å². The maximum Gasteiger partial charge on any atom is 0.322 e. The minimum atomic E-state index is -0.320. The SMILES string of the molecule is COc1cccc(NC(=O)N2CCCCC2C#N)c1. The first kappa shape index (κ1) is 13.2. The van der Waals surface area contributed by atoms with Gasteiger partial charge in [-0.15, -0.1) is 0 Å². The molecule has 1 atom stereocenters. The van der Waals surface area contributed by atoms with E-state index < -0.39 is 0 Å². The summed E-state index contributed by atoms with van der Waals surface area (Å²) in [6.45, 7) is 0.633. The number of methoxy groups -OCH3 is 1. The summed E-state index contributed by atoms with van der Waals surface area (Å²) < 4.78 is 5.11. The highest BCUT2D eigenvalue weighted by Crippen LogP contribution is 2.20. The van der Waals surface area contributed by atoms with Crippen molar-refractivity contribution >= 4 is 11.7 Å². The molecular formula is C14H17N3O2. The molecule has 2 rings (SSSR count). The van der Waals surface area contributed by atoms with Crippen LogP contribution >= 0.6 is 0 Å². The van der Waals surface area contributed by atoms with Crippen molar-refractivity contribution in [2.45, 2.75) is 25.3 Å². The summed E-state index contributed by atoms with van der Waals surface area (Å²) >= 11 is 0. The third-order valence-electron chi connectivity index (χ3n) is 3.23. The van der Waals surface area contributed by atoms with Gasteiger partial charge in [0.15, 0.2) is 0 Å². The van der Waals surface area contributed by atoms with Crippen molar-refractivity contribution in [3.05, 3.63) is 24.3 Å². The van der Waals surface area contributed by atoms with Crippen LogP contribution in [0.3, 0.4) is 0 Å². The van der Waals surface area contributed by atoms with Crippen molar-refractivity contribution in [1.29, 1.82) is 5.26 Å². The number of ether oxygens (including phenoxy) is 1. The van der Waals surface area contributed by atoms with Gasteiger partial charge in [-0.1, -0.05) is 6.07 Å². The second-order valence-corrected chi connectivity index (χ2v) is 4.50. The molecule has 1 aliphatic rings. The summed E-state index contributed by atoms with van der Waals surface area (Å²) in [6.07, 6.45) is 2.70. The fourth-order valence-corrected chi connectivity index (χ4v) is 2.20. The van der Waals surface area contributed by atoms with E-state index in [9.17, 15) is 4.79 Å². The molecule has 1 aromatic carbocycles. The molecule has 0 saturated carbocycles. The monoisotopic (exact) mass is 259 g/mol. The molecule has 1 heterocycles. The molecular weight excluding hydrogens is 242 g/mol. The quantitative estimate of drug-likeness (QED) is 0.887. The summed E-state index contributed by atoms with van der Waals surface area (Å²) in [7, 11) is 1.58. The van der Waals surface area contributed by atoms with Crippen LogP contribution in [0.25, 0.3) is 0 Å². The van der Waals surface area contributed by atoms with Crippen LogP contribution in [0.4, 0.5) is 10.5 Å². The van der Waals surface area contributed by atoms with E-state index in [1.165, 1.54) is 0 Å². The van der Waals surface area contributed by atoms with E-state index in [1.807, 2.05) is 12.1 Å². The molecule has 1 fully saturated rings. The number of anilines is 1. The lowest BCUT2D eigenvalue weighted by atomic mass is 10.0. The minimum Gasteiger partial charge on any atom is -0.497 e. The Bertz CT molecular complexity index is 496. The Hall–Kier alpha value is -2.22. The molecule has 19 heavy (non-hydrogen) atoms. The third-order valence-corrected chi connectivity index (χ3v) is 3.23. The number of likely N-dealkylation sites (tertiary alicyclic amines) is 1. The van der Waals surface area contributed by atoms with Crippen LogP contribution in [0, 0.1) is 11.3 Å². The number of nitrogens with zero attached hydrogens (tertiary/aromatic N) is 2. The maximum atomic E-state index is 12.2. The van der Waals surface area contributed by atoms with Gasteiger partial charge in [0.2, 0.25) is 0 Å². The normalized spacial score (nSPS) is 18.5. The van der Waals surface area contributed by atoms with Crippen LogP contribution in [-0.2, 0) is 0 Å². The summed E-state index contributed by atoms with van der Waals surface area (Å²) in [6, 6.07) is 8.82. The van der Waals surface area contributed by atoms with Gasteiger partial charge in [0.25, 0.3) is 0 Å². The highest BCUT2D eigenvalue weighted by molar-refractivity contribution is 5.90. The van der Waals surface area contributed by atoms with Gasteiger partial charge in [0.1, 0.15) is 11.8 Å². The van der Waals surface area contributed by atoms with Crippen molar-refractivity contribution in [2.75, 3.05) is 19.0 Å². The highest BCUT2D eigenvalue weighted by Gasteiger charge is 2.26. The average molecular weight is 259 g/mol. The molecule has 1 unspecified atom stereocenters. The molecule has 0 aliphatic carbocycles. The average Bonchev–Trinajstić information content (AvgIpc) is 2.47. The van der Waals surface area contributed by atoms with Crippen LogP contribution in [0.5, 0.6) is 5.75 Å². The van der Waals surface area contributed by atoms with Crippen LogP contribution in [0.1, 0.15) is 19.3 Å². The smallest absolute Gasteiger partial charge is 0.322 e. The van der Waals surface area contributed by atoms with E-state index in [1.54, 1.807) is 24.1 Å². The number of nitrogens with one attached hydrogen (secondary N) is 1. The molecule has 1 aromatic rings. The number of nitriles is 1. The minimum absolute atomic E-state index is 0.223. The molecule has 0 spiro atoms. The number of carbonyl (C=O) groups excluding carboxylic acids is 1. The molecule has 5 heteroatoms. The Morgan fingerprint density at radius 1 is 1.53 bits per heavy atom. The second-order valence-electron chi connectivity index (χ2n) is 4.50. The van der Waals surface area contributed by atoms with Gasteiger partial charge in [0, 0.05) is 18.3 Å². The Balaban J connectivity index is 2.05. The first-order valence-electron chi connectivity index (χ1n) is 6.36. The molecule has 100 valence electrons. The van der Waals surface area contributed by atoms with Crippen molar-refractivity contribution in [3.63, 3.8) is 0 Å². The number of piperidine rings is 1. The fourth-order valence-electron chi connectivity index (χ4n) is 2.20. The second kappa shape index (κ2) is 6.10. The summed E-state index contributed by atoms with van der Waals surface area (Å²) in [5, 5.41) is 11.9. The van der Waals surface area contributed by atoms with Crippen LogP contribution in [0.15, 0.2) is 24.3 Å². The van der Waals surface area contributed by atoms with Crippen molar-refractivity contribution in [2.24, 2.45) is 0 Å². The maximum absolute atomic E-state index is 12.2. The van der Waals surface area contributed by atoms with E-state index in [2.05, 4.69) is 11.4 Å². The number of hydrogen-bond donors (Lipinski definition) is 1. The van der Waals surface area contributed by atoms with Gasteiger partial charge in [0.05, 0.1) is 13.2 Å². The first-order chi connectivity index (χ1) is 9.24. The molecule has 1 saturated heterocycles. The number of urea groups is 1. The van der Waals surface area contributed by atoms with Gasteiger partial charge in [-0.05, 0) is 31.4 Å². The lowest BCUT2D eigenvalue weighted by Crippen LogP contribution is -2.45. The Morgan fingerprint density at radius 2 is 2.37 bits per heavy atom. The number of amides is 2. The largest absolute Gasteiger partial charge is 0.497 e. The first-order valence-corrected chi connectivity index (χ1v) is 6.36. The lowest BCUT2D eigenvalue weighted by molar-refractivity contribution is 0.182. The third kappa shape index (κ3) is 3.16. The number of rotatable bonds is 2. The molecule has 2 amide bonds. The molecule has 0 radical (unpaired) electrons. The predicted molar refractivity (Wildman–Crippen MR) is 72.0 cm³/mol. The van der Waals surface area contributed by atoms with Gasteiger partial charge < -0.3 is 15.0 Å². The highest BCUT2D eigenvalue weighted by atomic mass is 16.5. The predicted octanol–water partition coefficient (Wildman–Crippen LogP) is 2.61. The molecule has 0 bridgehead atoms. The van der Waals surface area contributed by atoms with Crippen LogP contribution < -0.4 is 10.1 Å². The zero-order valence-electron chi connectivity index (χ0n) is 10.9. The Morgan fingerprint density at radius 3 is 3.11 bits per heavy atom. The van der Waals surface area contributed by atoms with Crippen LogP contribution in [0.2, 0.25) is 0 Å². The standard InChI is InChI=1S/C14H17N3O2/c1-19-13-7-4-5-11(9-13)16-14(18)17-8-3-2-6-12(17)10-15/h4-5,7,9,12H,2-3,6,8H2,1H3,(H,16,18). The Kier molecular flexibility index (Phi) is 4.24. The van der Waals surface area contributed by atoms with Gasteiger partial charge in [-0.3, -0.25) is 0 Å². The summed E-state index contributed by atoms with van der Waals surface area (Å²) in [5.41, 5.74) is 0.673. The van der Waals surface area contributed by atoms with E-state index in [-0.39, 0.29) is 12.1 Å². The van der Waals surface area contributed by atoms with Crippen LogP contribution in [-0.4, -0.2) is 30.6 Å². The summed E-state index contributed by atoms with van der Waals surface area (Å²) in [5.74, 6) is 0.688. The zero-order valence-corrected chi connectivity index (χ0v) is 10.9. The topological polar surface area (TPSA) is 65.4 Å². The number of carbonyl (C=O) groups is 1. The molecule has 0 aromatic heterocycles. The van der Waals surface area contributed by atoms with Gasteiger partial charge in [-0.2, -0.15) is 5.26 Å². The van der Waals surface area contributed by atoms with Gasteiger partial charge in [-0.25, -0.2) is 4.79 Å². The summed E-state index contributed by atoms with van der Waals surface area (Å²) in [4.78, 5) is 13.8. The number of benzene rings is 1. The molecule has 1 N–H and O–H groups in total. The lowest BCUT2D eigenvalue weighted by Gasteiger charge is -2.31. The fraction of sp³-hybridized carbons (Fsp3) is 0.429. The van der Waals surface area contributed by atoms with Crippen molar-refractivity contribution in [3.8, 4) is 11.8 Å². The van der Waals surface area contributed by atoms with E-state index in [0.29, 0.717) is 18.0 Å².